The molecule has 0 aromatic carbocycles. The maximum absolute atomic E-state index is 11.2. The molecule has 0 spiro atoms. The molecule has 0 bridgehead atoms. The number of hydrogen-bond donors (Lipinski definition) is 3. The fourth-order valence-electron chi connectivity index (χ4n) is 0.974. The van der Waals surface area contributed by atoms with Gasteiger partial charge in [-0.3, -0.25) is 18.9 Å². The highest BCUT2D eigenvalue weighted by Gasteiger charge is 2.11. The van der Waals surface area contributed by atoms with Gasteiger partial charge < -0.3 is 14.6 Å². The van der Waals surface area contributed by atoms with Gasteiger partial charge in [0.05, 0.1) is 18.9 Å². The van der Waals surface area contributed by atoms with E-state index in [4.69, 9.17) is 9.79 Å². The summed E-state index contributed by atoms with van der Waals surface area (Å²) in [6.45, 7) is -0.146. The average molecular weight is 277 g/mol. The molecule has 1 aromatic rings. The number of nitrogens with one attached hydrogen (secondary N) is 1. The van der Waals surface area contributed by atoms with Crippen LogP contribution in [0.25, 0.3) is 0 Å². The first kappa shape index (κ1) is 14.4. The van der Waals surface area contributed by atoms with E-state index in [9.17, 15) is 14.2 Å². The second-order valence-electron chi connectivity index (χ2n) is 3.27. The van der Waals surface area contributed by atoms with Gasteiger partial charge in [0, 0.05) is 12.3 Å². The van der Waals surface area contributed by atoms with E-state index >= 15 is 0 Å². The second-order valence-corrected chi connectivity index (χ2v) is 5.05. The van der Waals surface area contributed by atoms with E-state index in [1.54, 1.807) is 0 Å². The lowest BCUT2D eigenvalue weighted by molar-refractivity contribution is 0.157. The summed E-state index contributed by atoms with van der Waals surface area (Å²) in [4.78, 5) is 45.6. The summed E-state index contributed by atoms with van der Waals surface area (Å²) in [5, 5.41) is 3.41. The van der Waals surface area contributed by atoms with Gasteiger partial charge in [-0.15, -0.1) is 0 Å². The number of H-pyrrole nitrogens is 1. The Morgan fingerprint density at radius 2 is 2.22 bits per heavy atom. The molecule has 0 atom stereocenters. The van der Waals surface area contributed by atoms with Crippen LogP contribution in [0.1, 0.15) is 0 Å². The number of aromatic amines is 1. The molecule has 1 rings (SSSR count). The average Bonchev–Trinajstić information content (AvgIpc) is 2.24. The predicted molar refractivity (Wildman–Crippen MR) is 62.7 cm³/mol. The Labute approximate surface area is 101 Å². The number of hydrogen-bond acceptors (Lipinski definition) is 5. The molecule has 0 amide bonds. The van der Waals surface area contributed by atoms with Gasteiger partial charge in [-0.05, 0) is 0 Å². The smallest absolute Gasteiger partial charge is 0.329 e. The van der Waals surface area contributed by atoms with E-state index in [0.717, 1.165) is 0 Å². The summed E-state index contributed by atoms with van der Waals surface area (Å²) in [6.07, 6.45) is 2.10. The van der Waals surface area contributed by atoms with E-state index < -0.39 is 25.0 Å². The Morgan fingerprint density at radius 3 is 2.83 bits per heavy atom. The third-order valence-electron chi connectivity index (χ3n) is 1.80. The lowest BCUT2D eigenvalue weighted by atomic mass is 10.6. The van der Waals surface area contributed by atoms with Crippen LogP contribution in [0, 0.1) is 0 Å². The maximum Gasteiger partial charge on any atom is 0.329 e. The Balaban J connectivity index is 2.39. The molecule has 1 aromatic heterocycles. The molecule has 18 heavy (non-hydrogen) atoms. The molecule has 0 fully saturated rings. The molecule has 1 heterocycles. The van der Waals surface area contributed by atoms with Crippen molar-refractivity contribution in [3.05, 3.63) is 33.1 Å². The monoisotopic (exact) mass is 277 g/mol. The molecular formula is C8H12N3O6P. The normalized spacial score (nSPS) is 11.9. The molecule has 0 saturated carbocycles. The van der Waals surface area contributed by atoms with Crippen molar-refractivity contribution < 1.29 is 19.2 Å². The highest BCUT2D eigenvalue weighted by Crippen LogP contribution is 2.33. The molecule has 100 valence electrons. The molecule has 0 radical (unpaired) electrons. The minimum Gasteiger partial charge on any atom is -0.395 e. The van der Waals surface area contributed by atoms with Crippen molar-refractivity contribution in [2.45, 2.75) is 6.54 Å². The standard InChI is InChI=1S/C8H12N3O6P/c12-7-1-3-11(8(13)10-7)4-2-9-17-5-6-18(14,15)16/h1-3H,4-6H2,(H,10,12,13)(H2,14,15,16). The first-order valence-corrected chi connectivity index (χ1v) is 6.66. The Hall–Kier alpha value is -1.70. The van der Waals surface area contributed by atoms with Crippen molar-refractivity contribution in [2.75, 3.05) is 12.8 Å². The first-order chi connectivity index (χ1) is 8.38. The molecule has 0 aliphatic heterocycles. The minimum absolute atomic E-state index is 0.0749. The number of aromatic nitrogens is 2. The molecule has 3 N–H and O–H groups in total. The van der Waals surface area contributed by atoms with Crippen LogP contribution in [0.2, 0.25) is 0 Å². The molecule has 9 nitrogen and oxygen atoms in total. The lowest BCUT2D eigenvalue weighted by Crippen LogP contribution is -2.28. The molecule has 0 aliphatic carbocycles. The second kappa shape index (κ2) is 6.29. The summed E-state index contributed by atoms with van der Waals surface area (Å²) in [6, 6.07) is 1.18. The SMILES string of the molecule is O=c1ccn(CC=NOCCP(=O)(O)O)c(=O)[nH]1. The van der Waals surface area contributed by atoms with Crippen LogP contribution >= 0.6 is 7.60 Å². The zero-order chi connectivity index (χ0) is 13.6. The fraction of sp³-hybridized carbons (Fsp3) is 0.375. The fourth-order valence-corrected chi connectivity index (χ4v) is 1.29. The van der Waals surface area contributed by atoms with Crippen LogP contribution in [-0.2, 0) is 15.9 Å². The van der Waals surface area contributed by atoms with E-state index in [-0.39, 0.29) is 13.2 Å². The molecule has 0 unspecified atom stereocenters. The van der Waals surface area contributed by atoms with Gasteiger partial charge in [-0.2, -0.15) is 0 Å². The number of oxime groups is 1. The molecule has 0 saturated heterocycles. The third kappa shape index (κ3) is 5.58. The van der Waals surface area contributed by atoms with E-state index in [2.05, 4.69) is 15.0 Å². The number of rotatable bonds is 6. The van der Waals surface area contributed by atoms with Gasteiger partial charge in [-0.1, -0.05) is 5.16 Å². The van der Waals surface area contributed by atoms with Crippen molar-refractivity contribution >= 4 is 13.8 Å². The van der Waals surface area contributed by atoms with Crippen LogP contribution in [-0.4, -0.2) is 38.3 Å². The first-order valence-electron chi connectivity index (χ1n) is 4.86. The van der Waals surface area contributed by atoms with Crippen molar-refractivity contribution in [1.29, 1.82) is 0 Å². The van der Waals surface area contributed by atoms with Crippen molar-refractivity contribution in [2.24, 2.45) is 5.16 Å². The Bertz CT molecular complexity index is 571. The maximum atomic E-state index is 11.2. The summed E-state index contributed by atoms with van der Waals surface area (Å²) in [5.41, 5.74) is -1.07. The van der Waals surface area contributed by atoms with E-state index in [1.807, 2.05) is 0 Å². The summed E-state index contributed by atoms with van der Waals surface area (Å²) in [5.74, 6) is 0. The molecular weight excluding hydrogens is 265 g/mol. The van der Waals surface area contributed by atoms with Gasteiger partial charge in [0.15, 0.2) is 0 Å². The van der Waals surface area contributed by atoms with E-state index in [1.165, 1.54) is 23.0 Å². The van der Waals surface area contributed by atoms with Crippen LogP contribution in [0.15, 0.2) is 27.0 Å². The predicted octanol–water partition coefficient (Wildman–Crippen LogP) is -1.28. The van der Waals surface area contributed by atoms with Gasteiger partial charge in [-0.25, -0.2) is 4.79 Å². The zero-order valence-electron chi connectivity index (χ0n) is 9.22. The summed E-state index contributed by atoms with van der Waals surface area (Å²) < 4.78 is 11.6. The number of nitrogens with zero attached hydrogens (tertiary/aromatic N) is 2. The van der Waals surface area contributed by atoms with Crippen LogP contribution < -0.4 is 11.2 Å². The van der Waals surface area contributed by atoms with Gasteiger partial charge in [0.1, 0.15) is 6.61 Å². The minimum atomic E-state index is -4.08. The highest BCUT2D eigenvalue weighted by molar-refractivity contribution is 7.51. The summed E-state index contributed by atoms with van der Waals surface area (Å²) >= 11 is 0. The largest absolute Gasteiger partial charge is 0.395 e. The Morgan fingerprint density at radius 1 is 1.50 bits per heavy atom. The topological polar surface area (TPSA) is 134 Å². The van der Waals surface area contributed by atoms with Crippen molar-refractivity contribution in [3.8, 4) is 0 Å². The molecule has 0 aliphatic rings. The van der Waals surface area contributed by atoms with Crippen LogP contribution in [0.4, 0.5) is 0 Å². The van der Waals surface area contributed by atoms with Gasteiger partial charge in [0.2, 0.25) is 0 Å². The van der Waals surface area contributed by atoms with Gasteiger partial charge in [0.25, 0.3) is 5.56 Å². The Kier molecular flexibility index (Phi) is 5.02. The third-order valence-corrected chi connectivity index (χ3v) is 2.56. The molecule has 10 heteroatoms. The highest BCUT2D eigenvalue weighted by atomic mass is 31.2. The van der Waals surface area contributed by atoms with Gasteiger partial charge >= 0.3 is 13.3 Å². The van der Waals surface area contributed by atoms with Crippen molar-refractivity contribution in [1.82, 2.24) is 9.55 Å². The summed E-state index contributed by atoms with van der Waals surface area (Å²) in [7, 11) is -4.08. The quantitative estimate of drug-likeness (QED) is 0.256. The van der Waals surface area contributed by atoms with E-state index in [0.29, 0.717) is 0 Å². The zero-order valence-corrected chi connectivity index (χ0v) is 10.1. The lowest BCUT2D eigenvalue weighted by Gasteiger charge is -2.02. The van der Waals surface area contributed by atoms with Crippen LogP contribution in [0.5, 0.6) is 0 Å². The van der Waals surface area contributed by atoms with Crippen LogP contribution in [0.3, 0.4) is 0 Å². The van der Waals surface area contributed by atoms with Crippen molar-refractivity contribution in [3.63, 3.8) is 0 Å².